The van der Waals surface area contributed by atoms with E-state index in [-0.39, 0.29) is 5.75 Å². The summed E-state index contributed by atoms with van der Waals surface area (Å²) in [6.07, 6.45) is 5.14. The zero-order chi connectivity index (χ0) is 21.0. The Bertz CT molecular complexity index is 798. The molecule has 7 nitrogen and oxygen atoms in total. The van der Waals surface area contributed by atoms with Crippen LogP contribution in [0.2, 0.25) is 0 Å². The minimum atomic E-state index is -0.425. The van der Waals surface area contributed by atoms with Gasteiger partial charge in [0.2, 0.25) is 0 Å². The van der Waals surface area contributed by atoms with Crippen molar-refractivity contribution in [3.05, 3.63) is 54.1 Å². The Kier molecular flexibility index (Phi) is 8.86. The van der Waals surface area contributed by atoms with Crippen molar-refractivity contribution in [3.63, 3.8) is 0 Å². The number of hydrogen-bond acceptors (Lipinski definition) is 5. The second-order valence-corrected chi connectivity index (χ2v) is 7.07. The molecule has 0 aliphatic carbocycles. The van der Waals surface area contributed by atoms with Gasteiger partial charge in [-0.3, -0.25) is 9.98 Å². The lowest BCUT2D eigenvalue weighted by atomic mass is 10.1. The zero-order valence-electron chi connectivity index (χ0n) is 17.3. The van der Waals surface area contributed by atoms with Crippen LogP contribution in [-0.4, -0.2) is 51.0 Å². The number of nitrogens with zero attached hydrogens (tertiary/aromatic N) is 2. The van der Waals surface area contributed by atoms with Gasteiger partial charge < -0.3 is 24.8 Å². The third-order valence-electron chi connectivity index (χ3n) is 4.68. The molecule has 0 amide bonds. The zero-order valence-corrected chi connectivity index (χ0v) is 17.3. The molecule has 3 rings (SSSR count). The summed E-state index contributed by atoms with van der Waals surface area (Å²) in [5, 5.41) is 6.42. The molecular weight excluding hydrogens is 387 g/mol. The Morgan fingerprint density at radius 3 is 3.00 bits per heavy atom. The Hall–Kier alpha value is -2.71. The van der Waals surface area contributed by atoms with Crippen LogP contribution in [0.3, 0.4) is 0 Å². The Balaban J connectivity index is 1.35. The summed E-state index contributed by atoms with van der Waals surface area (Å²) >= 11 is 0. The molecule has 2 aromatic rings. The molecule has 0 bridgehead atoms. The molecule has 162 valence electrons. The minimum Gasteiger partial charge on any atom is -0.453 e. The van der Waals surface area contributed by atoms with Crippen molar-refractivity contribution in [2.45, 2.75) is 19.4 Å². The van der Waals surface area contributed by atoms with Crippen LogP contribution in [0.25, 0.3) is 0 Å². The fourth-order valence-corrected chi connectivity index (χ4v) is 3.02. The lowest BCUT2D eigenvalue weighted by Gasteiger charge is -2.13. The highest BCUT2D eigenvalue weighted by atomic mass is 19.1. The van der Waals surface area contributed by atoms with Crippen molar-refractivity contribution < 1.29 is 18.6 Å². The first-order valence-corrected chi connectivity index (χ1v) is 10.2. The molecule has 0 spiro atoms. The highest BCUT2D eigenvalue weighted by Gasteiger charge is 2.15. The molecule has 1 unspecified atom stereocenters. The first-order valence-electron chi connectivity index (χ1n) is 10.2. The molecule has 1 atom stereocenters. The number of rotatable bonds is 10. The van der Waals surface area contributed by atoms with E-state index in [2.05, 4.69) is 20.6 Å². The van der Waals surface area contributed by atoms with E-state index in [1.54, 1.807) is 37.6 Å². The fraction of sp³-hybridized carbons (Fsp3) is 0.455. The highest BCUT2D eigenvalue weighted by molar-refractivity contribution is 5.79. The molecule has 1 saturated heterocycles. The van der Waals surface area contributed by atoms with Gasteiger partial charge in [-0.15, -0.1) is 0 Å². The molecule has 1 aliphatic rings. The van der Waals surface area contributed by atoms with Gasteiger partial charge in [-0.2, -0.15) is 0 Å². The largest absolute Gasteiger partial charge is 0.453 e. The number of nitrogens with one attached hydrogen (secondary N) is 2. The number of pyridine rings is 1. The van der Waals surface area contributed by atoms with Crippen LogP contribution < -0.4 is 15.4 Å². The van der Waals surface area contributed by atoms with Crippen molar-refractivity contribution in [1.82, 2.24) is 15.6 Å². The smallest absolute Gasteiger partial charge is 0.191 e. The molecule has 1 aromatic carbocycles. The molecule has 1 aliphatic heterocycles. The van der Waals surface area contributed by atoms with Crippen LogP contribution in [0.15, 0.2) is 47.7 Å². The Labute approximate surface area is 176 Å². The Morgan fingerprint density at radius 2 is 2.27 bits per heavy atom. The van der Waals surface area contributed by atoms with Gasteiger partial charge >= 0.3 is 0 Å². The van der Waals surface area contributed by atoms with Gasteiger partial charge in [-0.05, 0) is 42.7 Å². The van der Waals surface area contributed by atoms with Gasteiger partial charge in [0.15, 0.2) is 17.5 Å². The number of hydrogen-bond donors (Lipinski definition) is 2. The summed E-state index contributed by atoms with van der Waals surface area (Å²) in [6, 6.07) is 8.34. The van der Waals surface area contributed by atoms with Crippen molar-refractivity contribution in [2.24, 2.45) is 10.9 Å². The van der Waals surface area contributed by atoms with Crippen LogP contribution in [0.5, 0.6) is 11.5 Å². The molecule has 2 heterocycles. The average Bonchev–Trinajstić information content (AvgIpc) is 3.29. The maximum absolute atomic E-state index is 14.3. The fourth-order valence-electron chi connectivity index (χ4n) is 3.02. The van der Waals surface area contributed by atoms with Gasteiger partial charge in [-0.1, -0.05) is 6.07 Å². The van der Waals surface area contributed by atoms with Crippen LogP contribution in [0.1, 0.15) is 18.4 Å². The van der Waals surface area contributed by atoms with Crippen LogP contribution >= 0.6 is 0 Å². The van der Waals surface area contributed by atoms with Gasteiger partial charge in [0.25, 0.3) is 0 Å². The maximum Gasteiger partial charge on any atom is 0.191 e. The number of aromatic nitrogens is 1. The van der Waals surface area contributed by atoms with Gasteiger partial charge in [0.1, 0.15) is 5.75 Å². The number of ether oxygens (including phenoxy) is 3. The summed E-state index contributed by atoms with van der Waals surface area (Å²) in [4.78, 5) is 8.15. The molecule has 0 radical (unpaired) electrons. The third-order valence-corrected chi connectivity index (χ3v) is 4.68. The number of guanidine groups is 1. The Morgan fingerprint density at radius 1 is 1.33 bits per heavy atom. The van der Waals surface area contributed by atoms with Crippen molar-refractivity contribution in [1.29, 1.82) is 0 Å². The summed E-state index contributed by atoms with van der Waals surface area (Å²) in [5.74, 6) is 1.43. The molecule has 2 N–H and O–H groups in total. The van der Waals surface area contributed by atoms with E-state index in [0.717, 1.165) is 44.8 Å². The monoisotopic (exact) mass is 416 g/mol. The lowest BCUT2D eigenvalue weighted by Crippen LogP contribution is -2.37. The molecular formula is C22H29FN4O3. The van der Waals surface area contributed by atoms with E-state index < -0.39 is 5.82 Å². The van der Waals surface area contributed by atoms with Gasteiger partial charge in [0, 0.05) is 45.5 Å². The summed E-state index contributed by atoms with van der Waals surface area (Å²) in [5.41, 5.74) is 0.788. The summed E-state index contributed by atoms with van der Waals surface area (Å²) in [6.45, 7) is 4.31. The van der Waals surface area contributed by atoms with E-state index in [1.807, 2.05) is 6.07 Å². The highest BCUT2D eigenvalue weighted by Crippen LogP contribution is 2.24. The first-order chi connectivity index (χ1) is 14.7. The normalized spacial score (nSPS) is 16.5. The average molecular weight is 416 g/mol. The summed E-state index contributed by atoms with van der Waals surface area (Å²) < 4.78 is 30.9. The number of aliphatic imine (C=N–C) groups is 1. The predicted molar refractivity (Wildman–Crippen MR) is 113 cm³/mol. The molecule has 1 fully saturated rings. The van der Waals surface area contributed by atoms with E-state index in [0.29, 0.717) is 30.8 Å². The molecule has 1 aromatic heterocycles. The van der Waals surface area contributed by atoms with Crippen LogP contribution in [0.4, 0.5) is 4.39 Å². The van der Waals surface area contributed by atoms with Crippen molar-refractivity contribution in [3.8, 4) is 11.5 Å². The maximum atomic E-state index is 14.3. The molecule has 0 saturated carbocycles. The molecule has 30 heavy (non-hydrogen) atoms. The SMILES string of the molecule is CN=C(NCCCOCC1CCOC1)NCc1ccc(Oc2cccnc2)c(F)c1. The van der Waals surface area contributed by atoms with E-state index in [4.69, 9.17) is 14.2 Å². The topological polar surface area (TPSA) is 77.0 Å². The van der Waals surface area contributed by atoms with E-state index >= 15 is 0 Å². The van der Waals surface area contributed by atoms with Crippen LogP contribution in [-0.2, 0) is 16.0 Å². The first kappa shape index (κ1) is 22.0. The quantitative estimate of drug-likeness (QED) is 0.352. The number of benzene rings is 1. The van der Waals surface area contributed by atoms with Gasteiger partial charge in [-0.25, -0.2) is 4.39 Å². The standard InChI is InChI=1S/C22H29FN4O3/c1-24-22(26-9-3-10-28-15-18-7-11-29-16-18)27-13-17-5-6-21(20(23)12-17)30-19-4-2-8-25-14-19/h2,4-6,8,12,14,18H,3,7,9-11,13,15-16H2,1H3,(H2,24,26,27). The van der Waals surface area contributed by atoms with E-state index in [9.17, 15) is 4.39 Å². The lowest BCUT2D eigenvalue weighted by molar-refractivity contribution is 0.0888. The predicted octanol–water partition coefficient (Wildman–Crippen LogP) is 3.12. The molecule has 8 heteroatoms. The minimum absolute atomic E-state index is 0.165. The van der Waals surface area contributed by atoms with Gasteiger partial charge in [0.05, 0.1) is 19.4 Å². The van der Waals surface area contributed by atoms with Crippen molar-refractivity contribution in [2.75, 3.05) is 40.0 Å². The second-order valence-electron chi connectivity index (χ2n) is 7.07. The van der Waals surface area contributed by atoms with E-state index in [1.165, 1.54) is 6.07 Å². The van der Waals surface area contributed by atoms with Crippen LogP contribution in [0, 0.1) is 11.7 Å². The third kappa shape index (κ3) is 7.27. The number of halogens is 1. The summed E-state index contributed by atoms with van der Waals surface area (Å²) in [7, 11) is 1.71. The van der Waals surface area contributed by atoms with Crippen molar-refractivity contribution >= 4 is 5.96 Å². The second kappa shape index (κ2) is 12.1.